The molecular formula is C17H19FN4O2. The fraction of sp³-hybridized carbons (Fsp3) is 0.353. The number of aromatic nitrogens is 2. The Labute approximate surface area is 139 Å². The summed E-state index contributed by atoms with van der Waals surface area (Å²) in [5, 5.41) is 2.56. The van der Waals surface area contributed by atoms with E-state index in [0.717, 1.165) is 25.1 Å². The van der Waals surface area contributed by atoms with E-state index in [-0.39, 0.29) is 17.9 Å². The van der Waals surface area contributed by atoms with Crippen LogP contribution in [0.2, 0.25) is 0 Å². The molecule has 1 fully saturated rings. The number of ether oxygens (including phenoxy) is 1. The zero-order chi connectivity index (χ0) is 16.9. The number of hydrogen-bond donors (Lipinski definition) is 1. The van der Waals surface area contributed by atoms with Crippen molar-refractivity contribution < 1.29 is 13.9 Å². The third-order valence-electron chi connectivity index (χ3n) is 3.95. The van der Waals surface area contributed by atoms with Gasteiger partial charge in [-0.25, -0.2) is 9.37 Å². The number of piperidine rings is 1. The minimum Gasteiger partial charge on any atom is -0.470 e. The molecule has 0 aliphatic carbocycles. The number of carbonyl (C=O) groups excluding carboxylic acids is 1. The van der Waals surface area contributed by atoms with Crippen LogP contribution in [0.5, 0.6) is 5.88 Å². The molecule has 0 aromatic carbocycles. The molecule has 1 amide bonds. The van der Waals surface area contributed by atoms with Crippen molar-refractivity contribution in [2.45, 2.75) is 18.9 Å². The van der Waals surface area contributed by atoms with Crippen molar-refractivity contribution >= 4 is 11.6 Å². The first-order valence-corrected chi connectivity index (χ1v) is 7.87. The molecule has 0 saturated carbocycles. The fourth-order valence-corrected chi connectivity index (χ4v) is 2.75. The van der Waals surface area contributed by atoms with Gasteiger partial charge in [0.25, 0.3) is 11.8 Å². The van der Waals surface area contributed by atoms with Crippen LogP contribution in [0.3, 0.4) is 0 Å². The first-order valence-electron chi connectivity index (χ1n) is 7.87. The Morgan fingerprint density at radius 1 is 1.38 bits per heavy atom. The van der Waals surface area contributed by atoms with Gasteiger partial charge in [-0.2, -0.15) is 0 Å². The predicted molar refractivity (Wildman–Crippen MR) is 87.7 cm³/mol. The fourth-order valence-electron chi connectivity index (χ4n) is 2.75. The molecule has 1 aliphatic rings. The molecule has 3 heterocycles. The summed E-state index contributed by atoms with van der Waals surface area (Å²) >= 11 is 0. The molecule has 1 atom stereocenters. The molecule has 0 radical (unpaired) electrons. The van der Waals surface area contributed by atoms with Crippen molar-refractivity contribution in [1.29, 1.82) is 0 Å². The van der Waals surface area contributed by atoms with Crippen LogP contribution in [0.1, 0.15) is 23.3 Å². The van der Waals surface area contributed by atoms with Gasteiger partial charge < -0.3 is 15.0 Å². The second-order valence-corrected chi connectivity index (χ2v) is 5.60. The molecule has 3 rings (SSSR count). The molecule has 6 nitrogen and oxygen atoms in total. The summed E-state index contributed by atoms with van der Waals surface area (Å²) < 4.78 is 19.4. The number of pyridine rings is 2. The highest BCUT2D eigenvalue weighted by Crippen LogP contribution is 2.23. The van der Waals surface area contributed by atoms with E-state index in [1.807, 2.05) is 6.07 Å². The molecule has 2 aromatic rings. The molecule has 7 heteroatoms. The highest BCUT2D eigenvalue weighted by Gasteiger charge is 2.23. The monoisotopic (exact) mass is 330 g/mol. The first kappa shape index (κ1) is 16.2. The SMILES string of the molecule is CNC(=O)c1cc(N2CCCC(Oc3ncccc3F)C2)ccn1. The largest absolute Gasteiger partial charge is 0.470 e. The molecule has 0 bridgehead atoms. The van der Waals surface area contributed by atoms with Gasteiger partial charge in [-0.3, -0.25) is 9.78 Å². The van der Waals surface area contributed by atoms with Crippen LogP contribution in [0.25, 0.3) is 0 Å². The number of rotatable bonds is 4. The zero-order valence-corrected chi connectivity index (χ0v) is 13.4. The quantitative estimate of drug-likeness (QED) is 0.929. The normalized spacial score (nSPS) is 17.4. The maximum Gasteiger partial charge on any atom is 0.269 e. The van der Waals surface area contributed by atoms with E-state index in [2.05, 4.69) is 20.2 Å². The summed E-state index contributed by atoms with van der Waals surface area (Å²) in [4.78, 5) is 21.9. The van der Waals surface area contributed by atoms with Crippen LogP contribution in [-0.2, 0) is 0 Å². The van der Waals surface area contributed by atoms with Crippen LogP contribution in [0.15, 0.2) is 36.7 Å². The van der Waals surface area contributed by atoms with Crippen molar-refractivity contribution in [3.8, 4) is 5.88 Å². The Bertz CT molecular complexity index is 725. The third kappa shape index (κ3) is 3.61. The predicted octanol–water partition coefficient (Wildman–Crippen LogP) is 2.02. The lowest BCUT2D eigenvalue weighted by Gasteiger charge is -2.34. The zero-order valence-electron chi connectivity index (χ0n) is 13.4. The van der Waals surface area contributed by atoms with Crippen molar-refractivity contribution in [1.82, 2.24) is 15.3 Å². The average Bonchev–Trinajstić information content (AvgIpc) is 2.63. The van der Waals surface area contributed by atoms with Crippen molar-refractivity contribution in [3.05, 3.63) is 48.2 Å². The van der Waals surface area contributed by atoms with E-state index in [9.17, 15) is 9.18 Å². The number of nitrogens with one attached hydrogen (secondary N) is 1. The minimum absolute atomic E-state index is 0.0325. The van der Waals surface area contributed by atoms with Crippen LogP contribution in [0, 0.1) is 5.82 Å². The van der Waals surface area contributed by atoms with Gasteiger partial charge in [0.15, 0.2) is 5.82 Å². The number of amides is 1. The molecule has 1 N–H and O–H groups in total. The molecule has 1 aliphatic heterocycles. The Morgan fingerprint density at radius 2 is 2.25 bits per heavy atom. The smallest absolute Gasteiger partial charge is 0.269 e. The Hall–Kier alpha value is -2.70. The van der Waals surface area contributed by atoms with Gasteiger partial charge >= 0.3 is 0 Å². The van der Waals surface area contributed by atoms with Gasteiger partial charge in [-0.1, -0.05) is 0 Å². The second-order valence-electron chi connectivity index (χ2n) is 5.60. The van der Waals surface area contributed by atoms with Crippen LogP contribution >= 0.6 is 0 Å². The molecule has 24 heavy (non-hydrogen) atoms. The Kier molecular flexibility index (Phi) is 4.88. The maximum atomic E-state index is 13.7. The van der Waals surface area contributed by atoms with Crippen LogP contribution in [-0.4, -0.2) is 42.1 Å². The lowest BCUT2D eigenvalue weighted by molar-refractivity contribution is 0.0958. The summed E-state index contributed by atoms with van der Waals surface area (Å²) in [6.07, 6.45) is 4.72. The van der Waals surface area contributed by atoms with E-state index >= 15 is 0 Å². The van der Waals surface area contributed by atoms with Crippen LogP contribution < -0.4 is 15.0 Å². The van der Waals surface area contributed by atoms with Gasteiger partial charge in [-0.15, -0.1) is 0 Å². The van der Waals surface area contributed by atoms with E-state index in [0.29, 0.717) is 12.2 Å². The molecule has 1 saturated heterocycles. The Balaban J connectivity index is 1.72. The number of hydrogen-bond acceptors (Lipinski definition) is 5. The van der Waals surface area contributed by atoms with Crippen LogP contribution in [0.4, 0.5) is 10.1 Å². The lowest BCUT2D eigenvalue weighted by Crippen LogP contribution is -2.41. The summed E-state index contributed by atoms with van der Waals surface area (Å²) in [7, 11) is 1.57. The van der Waals surface area contributed by atoms with Crippen molar-refractivity contribution in [2.24, 2.45) is 0 Å². The maximum absolute atomic E-state index is 13.7. The topological polar surface area (TPSA) is 67.4 Å². The van der Waals surface area contributed by atoms with Gasteiger partial charge in [0.05, 0.1) is 6.54 Å². The number of anilines is 1. The lowest BCUT2D eigenvalue weighted by atomic mass is 10.1. The molecule has 2 aromatic heterocycles. The van der Waals surface area contributed by atoms with E-state index in [4.69, 9.17) is 4.74 Å². The molecular weight excluding hydrogens is 311 g/mol. The standard InChI is InChI=1S/C17H19FN4O2/c1-19-16(23)15-10-12(6-8-20-15)22-9-3-4-13(11-22)24-17-14(18)5-2-7-21-17/h2,5-8,10,13H,3-4,9,11H2,1H3,(H,19,23). The van der Waals surface area contributed by atoms with Gasteiger partial charge in [0, 0.05) is 31.7 Å². The molecule has 126 valence electrons. The summed E-state index contributed by atoms with van der Waals surface area (Å²) in [5.74, 6) is -0.650. The highest BCUT2D eigenvalue weighted by atomic mass is 19.1. The number of carbonyl (C=O) groups is 1. The number of halogens is 1. The minimum atomic E-state index is -0.458. The average molecular weight is 330 g/mol. The van der Waals surface area contributed by atoms with Gasteiger partial charge in [0.1, 0.15) is 11.8 Å². The molecule has 1 unspecified atom stereocenters. The summed E-state index contributed by atoms with van der Waals surface area (Å²) in [6, 6.07) is 6.48. The van der Waals surface area contributed by atoms with Crippen molar-refractivity contribution in [3.63, 3.8) is 0 Å². The summed E-state index contributed by atoms with van der Waals surface area (Å²) in [5.41, 5.74) is 1.27. The van der Waals surface area contributed by atoms with E-state index in [1.165, 1.54) is 18.3 Å². The first-order chi connectivity index (χ1) is 11.7. The summed E-state index contributed by atoms with van der Waals surface area (Å²) in [6.45, 7) is 1.45. The highest BCUT2D eigenvalue weighted by molar-refractivity contribution is 5.92. The Morgan fingerprint density at radius 3 is 3.04 bits per heavy atom. The third-order valence-corrected chi connectivity index (χ3v) is 3.95. The number of nitrogens with zero attached hydrogens (tertiary/aromatic N) is 3. The van der Waals surface area contributed by atoms with Gasteiger partial charge in [0.2, 0.25) is 0 Å². The molecule has 0 spiro atoms. The van der Waals surface area contributed by atoms with Gasteiger partial charge in [-0.05, 0) is 37.1 Å². The van der Waals surface area contributed by atoms with E-state index in [1.54, 1.807) is 19.3 Å². The second kappa shape index (κ2) is 7.25. The van der Waals surface area contributed by atoms with E-state index < -0.39 is 5.82 Å². The van der Waals surface area contributed by atoms with Crippen molar-refractivity contribution in [2.75, 3.05) is 25.0 Å².